The highest BCUT2D eigenvalue weighted by Gasteiger charge is 2.11. The van der Waals surface area contributed by atoms with Crippen molar-refractivity contribution in [2.75, 3.05) is 6.54 Å². The molecule has 2 rings (SSSR count). The van der Waals surface area contributed by atoms with Gasteiger partial charge >= 0.3 is 0 Å². The molecule has 0 bridgehead atoms. The molecule has 0 fully saturated rings. The van der Waals surface area contributed by atoms with Crippen molar-refractivity contribution in [3.8, 4) is 11.3 Å². The van der Waals surface area contributed by atoms with Gasteiger partial charge in [0, 0.05) is 22.7 Å². The number of hydrogen-bond acceptors (Lipinski definition) is 2. The van der Waals surface area contributed by atoms with Gasteiger partial charge in [-0.15, -0.1) is 0 Å². The molecule has 1 heterocycles. The van der Waals surface area contributed by atoms with E-state index >= 15 is 0 Å². The van der Waals surface area contributed by atoms with E-state index in [0.29, 0.717) is 10.0 Å². The summed E-state index contributed by atoms with van der Waals surface area (Å²) in [5.41, 5.74) is 2.87. The number of hydrogen-bond donors (Lipinski definition) is 2. The van der Waals surface area contributed by atoms with Gasteiger partial charge in [0.05, 0.1) is 16.9 Å². The van der Waals surface area contributed by atoms with Gasteiger partial charge in [0.15, 0.2) is 0 Å². The van der Waals surface area contributed by atoms with Crippen molar-refractivity contribution in [1.29, 1.82) is 0 Å². The zero-order valence-corrected chi connectivity index (χ0v) is 10.9. The Hall–Kier alpha value is -1.03. The second kappa shape index (κ2) is 5.54. The van der Waals surface area contributed by atoms with Crippen LogP contribution in [0.4, 0.5) is 0 Å². The number of aromatic nitrogens is 2. The molecule has 90 valence electrons. The van der Waals surface area contributed by atoms with Crippen LogP contribution in [0.25, 0.3) is 11.3 Å². The van der Waals surface area contributed by atoms with Gasteiger partial charge in [0.1, 0.15) is 0 Å². The van der Waals surface area contributed by atoms with Gasteiger partial charge in [-0.05, 0) is 24.7 Å². The van der Waals surface area contributed by atoms with Crippen LogP contribution in [0.15, 0.2) is 24.4 Å². The number of nitrogens with one attached hydrogen (secondary N) is 2. The van der Waals surface area contributed by atoms with E-state index in [1.807, 2.05) is 6.07 Å². The third kappa shape index (κ3) is 2.80. The highest BCUT2D eigenvalue weighted by molar-refractivity contribution is 6.35. The van der Waals surface area contributed by atoms with Crippen molar-refractivity contribution in [3.63, 3.8) is 0 Å². The summed E-state index contributed by atoms with van der Waals surface area (Å²) in [4.78, 5) is 0. The van der Waals surface area contributed by atoms with Gasteiger partial charge in [-0.25, -0.2) is 0 Å². The molecule has 1 aromatic carbocycles. The minimum atomic E-state index is 0.661. The van der Waals surface area contributed by atoms with Crippen LogP contribution in [0.1, 0.15) is 12.5 Å². The first kappa shape index (κ1) is 12.4. The Balaban J connectivity index is 2.38. The summed E-state index contributed by atoms with van der Waals surface area (Å²) in [7, 11) is 0. The standard InChI is InChI=1S/C12H13Cl2N3/c1-2-15-6-8-7-16-17-12(8)10-5-9(13)3-4-11(10)14/h3-5,7,15H,2,6H2,1H3,(H,16,17). The van der Waals surface area contributed by atoms with Gasteiger partial charge in [-0.1, -0.05) is 30.1 Å². The third-order valence-electron chi connectivity index (χ3n) is 2.48. The molecule has 3 nitrogen and oxygen atoms in total. The highest BCUT2D eigenvalue weighted by atomic mass is 35.5. The molecule has 0 saturated carbocycles. The molecule has 0 unspecified atom stereocenters. The number of aromatic amines is 1. The second-order valence-electron chi connectivity index (χ2n) is 3.67. The van der Waals surface area contributed by atoms with E-state index in [9.17, 15) is 0 Å². The minimum Gasteiger partial charge on any atom is -0.313 e. The molecule has 0 aliphatic carbocycles. The quantitative estimate of drug-likeness (QED) is 0.892. The van der Waals surface area contributed by atoms with Crippen molar-refractivity contribution in [2.45, 2.75) is 13.5 Å². The molecule has 0 spiro atoms. The molecule has 0 saturated heterocycles. The molecular formula is C12H13Cl2N3. The molecule has 0 amide bonds. The Labute approximate surface area is 110 Å². The lowest BCUT2D eigenvalue weighted by molar-refractivity contribution is 0.728. The van der Waals surface area contributed by atoms with Crippen LogP contribution < -0.4 is 5.32 Å². The Bertz CT molecular complexity index is 508. The van der Waals surface area contributed by atoms with E-state index in [1.165, 1.54) is 0 Å². The molecular weight excluding hydrogens is 257 g/mol. The Morgan fingerprint density at radius 3 is 2.94 bits per heavy atom. The fourth-order valence-corrected chi connectivity index (χ4v) is 2.01. The summed E-state index contributed by atoms with van der Waals surface area (Å²) in [5, 5.41) is 11.6. The van der Waals surface area contributed by atoms with Crippen LogP contribution in [0.2, 0.25) is 10.0 Å². The van der Waals surface area contributed by atoms with E-state index in [0.717, 1.165) is 29.9 Å². The molecule has 0 atom stereocenters. The van der Waals surface area contributed by atoms with E-state index < -0.39 is 0 Å². The molecule has 1 aromatic heterocycles. The topological polar surface area (TPSA) is 40.7 Å². The summed E-state index contributed by atoms with van der Waals surface area (Å²) < 4.78 is 0. The lowest BCUT2D eigenvalue weighted by Gasteiger charge is -2.06. The maximum absolute atomic E-state index is 6.17. The molecule has 2 aromatic rings. The van der Waals surface area contributed by atoms with Crippen LogP contribution in [0.3, 0.4) is 0 Å². The predicted molar refractivity (Wildman–Crippen MR) is 71.4 cm³/mol. The van der Waals surface area contributed by atoms with E-state index in [1.54, 1.807) is 18.3 Å². The minimum absolute atomic E-state index is 0.661. The van der Waals surface area contributed by atoms with Gasteiger partial charge in [-0.3, -0.25) is 5.10 Å². The lowest BCUT2D eigenvalue weighted by Crippen LogP contribution is -2.11. The number of rotatable bonds is 4. The Kier molecular flexibility index (Phi) is 4.05. The molecule has 0 aliphatic heterocycles. The van der Waals surface area contributed by atoms with Crippen molar-refractivity contribution in [3.05, 3.63) is 40.0 Å². The van der Waals surface area contributed by atoms with Crippen molar-refractivity contribution in [1.82, 2.24) is 15.5 Å². The summed E-state index contributed by atoms with van der Waals surface area (Å²) in [6.07, 6.45) is 1.80. The normalized spacial score (nSPS) is 10.8. The fraction of sp³-hybridized carbons (Fsp3) is 0.250. The highest BCUT2D eigenvalue weighted by Crippen LogP contribution is 2.31. The zero-order chi connectivity index (χ0) is 12.3. The summed E-state index contributed by atoms with van der Waals surface area (Å²) in [5.74, 6) is 0. The third-order valence-corrected chi connectivity index (χ3v) is 3.05. The van der Waals surface area contributed by atoms with Crippen LogP contribution >= 0.6 is 23.2 Å². The SMILES string of the molecule is CCNCc1cn[nH]c1-c1cc(Cl)ccc1Cl. The van der Waals surface area contributed by atoms with E-state index in [2.05, 4.69) is 22.4 Å². The maximum Gasteiger partial charge on any atom is 0.0710 e. The smallest absolute Gasteiger partial charge is 0.0710 e. The predicted octanol–water partition coefficient (Wildman–Crippen LogP) is 3.49. The first-order chi connectivity index (χ1) is 8.22. The maximum atomic E-state index is 6.17. The van der Waals surface area contributed by atoms with Gasteiger partial charge in [0.2, 0.25) is 0 Å². The van der Waals surface area contributed by atoms with Crippen molar-refractivity contribution >= 4 is 23.2 Å². The Morgan fingerprint density at radius 2 is 2.18 bits per heavy atom. The van der Waals surface area contributed by atoms with Crippen LogP contribution in [0, 0.1) is 0 Å². The van der Waals surface area contributed by atoms with Crippen LogP contribution in [0.5, 0.6) is 0 Å². The van der Waals surface area contributed by atoms with Crippen LogP contribution in [-0.4, -0.2) is 16.7 Å². The number of benzene rings is 1. The molecule has 0 radical (unpaired) electrons. The fourth-order valence-electron chi connectivity index (χ4n) is 1.63. The monoisotopic (exact) mass is 269 g/mol. The summed E-state index contributed by atoms with van der Waals surface area (Å²) >= 11 is 12.1. The molecule has 0 aliphatic rings. The van der Waals surface area contributed by atoms with Crippen molar-refractivity contribution in [2.24, 2.45) is 0 Å². The Morgan fingerprint density at radius 1 is 1.35 bits per heavy atom. The molecule has 17 heavy (non-hydrogen) atoms. The first-order valence-electron chi connectivity index (χ1n) is 5.40. The van der Waals surface area contributed by atoms with Gasteiger partial charge < -0.3 is 5.32 Å². The van der Waals surface area contributed by atoms with E-state index in [-0.39, 0.29) is 0 Å². The average Bonchev–Trinajstić information content (AvgIpc) is 2.77. The number of nitrogens with zero attached hydrogens (tertiary/aromatic N) is 1. The van der Waals surface area contributed by atoms with Gasteiger partial charge in [-0.2, -0.15) is 5.10 Å². The largest absolute Gasteiger partial charge is 0.313 e. The number of halogens is 2. The van der Waals surface area contributed by atoms with Crippen LogP contribution in [-0.2, 0) is 6.54 Å². The molecule has 2 N–H and O–H groups in total. The molecule has 5 heteroatoms. The summed E-state index contributed by atoms with van der Waals surface area (Å²) in [6, 6.07) is 5.40. The second-order valence-corrected chi connectivity index (χ2v) is 4.52. The number of H-pyrrole nitrogens is 1. The van der Waals surface area contributed by atoms with Crippen molar-refractivity contribution < 1.29 is 0 Å². The lowest BCUT2D eigenvalue weighted by atomic mass is 10.1. The first-order valence-corrected chi connectivity index (χ1v) is 6.16. The summed E-state index contributed by atoms with van der Waals surface area (Å²) in [6.45, 7) is 3.73. The van der Waals surface area contributed by atoms with Gasteiger partial charge in [0.25, 0.3) is 0 Å². The van der Waals surface area contributed by atoms with E-state index in [4.69, 9.17) is 23.2 Å². The average molecular weight is 270 g/mol. The zero-order valence-electron chi connectivity index (χ0n) is 9.43.